The maximum absolute atomic E-state index is 12.4. The molecule has 0 radical (unpaired) electrons. The van der Waals surface area contributed by atoms with E-state index in [1.165, 1.54) is 12.8 Å². The molecule has 2 amide bonds. The lowest BCUT2D eigenvalue weighted by molar-refractivity contribution is -0.149. The smallest absolute Gasteiger partial charge is 0.317 e. The van der Waals surface area contributed by atoms with Crippen LogP contribution in [0.1, 0.15) is 52.9 Å². The summed E-state index contributed by atoms with van der Waals surface area (Å²) in [4.78, 5) is 26.0. The Kier molecular flexibility index (Phi) is 6.09. The second kappa shape index (κ2) is 7.84. The molecule has 3 atom stereocenters. The highest BCUT2D eigenvalue weighted by Gasteiger charge is 2.32. The second-order valence-corrected chi connectivity index (χ2v) is 6.84. The van der Waals surface area contributed by atoms with Gasteiger partial charge < -0.3 is 15.0 Å². The van der Waals surface area contributed by atoms with Crippen molar-refractivity contribution in [3.63, 3.8) is 0 Å². The number of amides is 2. The van der Waals surface area contributed by atoms with Crippen molar-refractivity contribution in [1.29, 1.82) is 0 Å². The molecule has 1 N–H and O–H groups in total. The minimum Gasteiger partial charge on any atom is -0.466 e. The summed E-state index contributed by atoms with van der Waals surface area (Å²) < 4.78 is 5.07. The van der Waals surface area contributed by atoms with E-state index in [0.717, 1.165) is 6.42 Å². The van der Waals surface area contributed by atoms with Crippen LogP contribution in [0.5, 0.6) is 0 Å². The fourth-order valence-corrected chi connectivity index (χ4v) is 3.61. The Morgan fingerprint density at radius 2 is 1.82 bits per heavy atom. The first-order valence-corrected chi connectivity index (χ1v) is 8.75. The van der Waals surface area contributed by atoms with Gasteiger partial charge in [0, 0.05) is 19.1 Å². The van der Waals surface area contributed by atoms with Crippen LogP contribution in [0.4, 0.5) is 4.79 Å². The quantitative estimate of drug-likeness (QED) is 0.816. The van der Waals surface area contributed by atoms with Gasteiger partial charge in [-0.25, -0.2) is 4.79 Å². The maximum atomic E-state index is 12.4. The number of rotatable bonds is 3. The Bertz CT molecular complexity index is 391. The van der Waals surface area contributed by atoms with Crippen molar-refractivity contribution in [3.8, 4) is 0 Å². The van der Waals surface area contributed by atoms with Gasteiger partial charge in [-0.2, -0.15) is 0 Å². The van der Waals surface area contributed by atoms with Crippen LogP contribution in [0.3, 0.4) is 0 Å². The van der Waals surface area contributed by atoms with Crippen molar-refractivity contribution < 1.29 is 14.3 Å². The fourth-order valence-electron chi connectivity index (χ4n) is 3.61. The van der Waals surface area contributed by atoms with E-state index in [9.17, 15) is 9.59 Å². The van der Waals surface area contributed by atoms with E-state index in [1.807, 2.05) is 11.8 Å². The Labute approximate surface area is 133 Å². The number of nitrogens with zero attached hydrogens (tertiary/aromatic N) is 1. The highest BCUT2D eigenvalue weighted by molar-refractivity contribution is 5.76. The highest BCUT2D eigenvalue weighted by atomic mass is 16.5. The van der Waals surface area contributed by atoms with Crippen molar-refractivity contribution >= 4 is 12.0 Å². The molecule has 5 nitrogen and oxygen atoms in total. The van der Waals surface area contributed by atoms with E-state index in [0.29, 0.717) is 50.4 Å². The average molecular weight is 310 g/mol. The van der Waals surface area contributed by atoms with Crippen LogP contribution in [0, 0.1) is 17.8 Å². The van der Waals surface area contributed by atoms with Crippen LogP contribution in [0.25, 0.3) is 0 Å². The molecule has 0 aromatic carbocycles. The molecule has 1 heterocycles. The molecular formula is C17H30N2O3. The number of carbonyl (C=O) groups excluding carboxylic acids is 2. The molecule has 1 saturated heterocycles. The summed E-state index contributed by atoms with van der Waals surface area (Å²) in [5.41, 5.74) is 0. The zero-order chi connectivity index (χ0) is 16.1. The van der Waals surface area contributed by atoms with Crippen LogP contribution in [-0.4, -0.2) is 42.6 Å². The number of likely N-dealkylation sites (tertiary alicyclic amines) is 1. The molecule has 1 aliphatic carbocycles. The molecule has 2 aliphatic rings. The predicted octanol–water partition coefficient (Wildman–Crippen LogP) is 2.80. The van der Waals surface area contributed by atoms with Crippen LogP contribution < -0.4 is 5.32 Å². The Morgan fingerprint density at radius 3 is 2.45 bits per heavy atom. The molecule has 0 aromatic heterocycles. The fraction of sp³-hybridized carbons (Fsp3) is 0.882. The zero-order valence-corrected chi connectivity index (χ0v) is 14.1. The number of hydrogen-bond acceptors (Lipinski definition) is 3. The minimum absolute atomic E-state index is 0.0354. The number of nitrogens with one attached hydrogen (secondary N) is 1. The standard InChI is InChI=1S/C17H30N2O3/c1-4-22-16(20)14-8-10-19(11-9-14)17(21)18-15-7-5-6-12(2)13(15)3/h12-15H,4-11H2,1-3H3,(H,18,21)/t12-,13-,15+/m0/s1. The number of piperidine rings is 1. The summed E-state index contributed by atoms with van der Waals surface area (Å²) in [6.45, 7) is 8.05. The van der Waals surface area contributed by atoms with E-state index in [4.69, 9.17) is 4.74 Å². The third kappa shape index (κ3) is 4.14. The first kappa shape index (κ1) is 17.1. The number of esters is 1. The van der Waals surface area contributed by atoms with E-state index >= 15 is 0 Å². The van der Waals surface area contributed by atoms with Crippen molar-refractivity contribution in [3.05, 3.63) is 0 Å². The SMILES string of the molecule is CCOC(=O)C1CCN(C(=O)N[C@@H]2CCC[C@H](C)[C@@H]2C)CC1. The summed E-state index contributed by atoms with van der Waals surface area (Å²) in [5, 5.41) is 3.21. The lowest BCUT2D eigenvalue weighted by atomic mass is 9.78. The first-order chi connectivity index (χ1) is 10.5. The third-order valence-corrected chi connectivity index (χ3v) is 5.42. The largest absolute Gasteiger partial charge is 0.466 e. The number of ether oxygens (including phenoxy) is 1. The van der Waals surface area contributed by atoms with Crippen molar-refractivity contribution in [2.24, 2.45) is 17.8 Å². The second-order valence-electron chi connectivity index (χ2n) is 6.84. The van der Waals surface area contributed by atoms with Gasteiger partial charge in [-0.05, 0) is 38.0 Å². The lowest BCUT2D eigenvalue weighted by Gasteiger charge is -2.37. The normalized spacial score (nSPS) is 30.0. The summed E-state index contributed by atoms with van der Waals surface area (Å²) in [5.74, 6) is 1.05. The van der Waals surface area contributed by atoms with Crippen LogP contribution in [0.15, 0.2) is 0 Å². The number of hydrogen-bond donors (Lipinski definition) is 1. The van der Waals surface area contributed by atoms with Gasteiger partial charge in [0.25, 0.3) is 0 Å². The first-order valence-electron chi connectivity index (χ1n) is 8.75. The summed E-state index contributed by atoms with van der Waals surface area (Å²) in [6, 6.07) is 0.326. The van der Waals surface area contributed by atoms with Gasteiger partial charge in [-0.15, -0.1) is 0 Å². The monoisotopic (exact) mass is 310 g/mol. The minimum atomic E-state index is -0.114. The third-order valence-electron chi connectivity index (χ3n) is 5.42. The van der Waals surface area contributed by atoms with Crippen LogP contribution >= 0.6 is 0 Å². The number of urea groups is 1. The molecule has 0 aromatic rings. The highest BCUT2D eigenvalue weighted by Crippen LogP contribution is 2.29. The van der Waals surface area contributed by atoms with Gasteiger partial charge in [0.2, 0.25) is 0 Å². The maximum Gasteiger partial charge on any atom is 0.317 e. The van der Waals surface area contributed by atoms with Crippen LogP contribution in [-0.2, 0) is 9.53 Å². The van der Waals surface area contributed by atoms with Crippen molar-refractivity contribution in [1.82, 2.24) is 10.2 Å². The average Bonchev–Trinajstić information content (AvgIpc) is 2.52. The van der Waals surface area contributed by atoms with Gasteiger partial charge in [-0.1, -0.05) is 26.7 Å². The lowest BCUT2D eigenvalue weighted by Crippen LogP contribution is -2.51. The Hall–Kier alpha value is -1.26. The van der Waals surface area contributed by atoms with E-state index < -0.39 is 0 Å². The van der Waals surface area contributed by atoms with Gasteiger partial charge in [-0.3, -0.25) is 4.79 Å². The number of carbonyl (C=O) groups is 2. The molecule has 0 bridgehead atoms. The summed E-state index contributed by atoms with van der Waals surface area (Å²) in [7, 11) is 0. The van der Waals surface area contributed by atoms with Crippen molar-refractivity contribution in [2.45, 2.75) is 58.9 Å². The van der Waals surface area contributed by atoms with E-state index in [-0.39, 0.29) is 17.9 Å². The van der Waals surface area contributed by atoms with Gasteiger partial charge in [0.05, 0.1) is 12.5 Å². The van der Waals surface area contributed by atoms with Gasteiger partial charge in [0.1, 0.15) is 0 Å². The van der Waals surface area contributed by atoms with Gasteiger partial charge >= 0.3 is 12.0 Å². The molecule has 0 unspecified atom stereocenters. The van der Waals surface area contributed by atoms with E-state index in [1.54, 1.807) is 0 Å². The molecule has 126 valence electrons. The molecule has 1 aliphatic heterocycles. The Balaban J connectivity index is 1.79. The van der Waals surface area contributed by atoms with Crippen LogP contribution in [0.2, 0.25) is 0 Å². The molecule has 5 heteroatoms. The summed E-state index contributed by atoms with van der Waals surface area (Å²) >= 11 is 0. The molecule has 2 rings (SSSR count). The molecule has 22 heavy (non-hydrogen) atoms. The topological polar surface area (TPSA) is 58.6 Å². The predicted molar refractivity (Wildman–Crippen MR) is 85.4 cm³/mol. The van der Waals surface area contributed by atoms with Crippen molar-refractivity contribution in [2.75, 3.05) is 19.7 Å². The van der Waals surface area contributed by atoms with Gasteiger partial charge in [0.15, 0.2) is 0 Å². The Morgan fingerprint density at radius 1 is 1.14 bits per heavy atom. The van der Waals surface area contributed by atoms with E-state index in [2.05, 4.69) is 19.2 Å². The molecular weight excluding hydrogens is 280 g/mol. The summed E-state index contributed by atoms with van der Waals surface area (Å²) in [6.07, 6.45) is 4.96. The zero-order valence-electron chi connectivity index (χ0n) is 14.1. The molecule has 0 spiro atoms. The molecule has 2 fully saturated rings. The molecule has 1 saturated carbocycles.